The van der Waals surface area contributed by atoms with Gasteiger partial charge in [0, 0.05) is 6.42 Å². The lowest BCUT2D eigenvalue weighted by Gasteiger charge is -2.25. The van der Waals surface area contributed by atoms with E-state index in [2.05, 4.69) is 6.92 Å². The van der Waals surface area contributed by atoms with Crippen molar-refractivity contribution in [3.63, 3.8) is 0 Å². The summed E-state index contributed by atoms with van der Waals surface area (Å²) >= 11 is 0. The van der Waals surface area contributed by atoms with Gasteiger partial charge in [0.05, 0.1) is 0 Å². The number of hydrogen-bond donors (Lipinski definition) is 1. The van der Waals surface area contributed by atoms with Gasteiger partial charge in [0.1, 0.15) is 11.7 Å². The van der Waals surface area contributed by atoms with Crippen LogP contribution in [0.4, 0.5) is 0 Å². The van der Waals surface area contributed by atoms with Crippen LogP contribution in [0.3, 0.4) is 0 Å². The Kier molecular flexibility index (Phi) is 3.46. The molecule has 0 aliphatic heterocycles. The third kappa shape index (κ3) is 2.54. The molecule has 3 heteroatoms. The number of rotatable bonds is 3. The fraction of sp³-hybridized carbons (Fsp3) is 0.800. The van der Waals surface area contributed by atoms with Gasteiger partial charge in [-0.15, -0.1) is 0 Å². The molecule has 0 spiro atoms. The minimum atomic E-state index is -0.939. The molecule has 0 aromatic carbocycles. The van der Waals surface area contributed by atoms with Gasteiger partial charge in [-0.3, -0.25) is 9.59 Å². The summed E-state index contributed by atoms with van der Waals surface area (Å²) < 4.78 is 0. The highest BCUT2D eigenvalue weighted by molar-refractivity contribution is 5.98. The second-order valence-electron chi connectivity index (χ2n) is 3.79. The van der Waals surface area contributed by atoms with Gasteiger partial charge in [-0.1, -0.05) is 19.8 Å². The monoisotopic (exact) mass is 184 g/mol. The Bertz CT molecular complexity index is 210. The highest BCUT2D eigenvalue weighted by atomic mass is 16.4. The SMILES string of the molecule is CCC[C@@H]1CCC(=O)[C@H](C(=O)O)C1. The summed E-state index contributed by atoms with van der Waals surface area (Å²) in [6.45, 7) is 2.09. The third-order valence-electron chi connectivity index (χ3n) is 2.75. The van der Waals surface area contributed by atoms with Gasteiger partial charge in [-0.05, 0) is 18.8 Å². The zero-order valence-corrected chi connectivity index (χ0v) is 7.95. The molecule has 0 bridgehead atoms. The first kappa shape index (κ1) is 10.2. The number of ketones is 1. The van der Waals surface area contributed by atoms with E-state index in [9.17, 15) is 9.59 Å². The van der Waals surface area contributed by atoms with Crippen molar-refractivity contribution in [1.29, 1.82) is 0 Å². The van der Waals surface area contributed by atoms with Gasteiger partial charge in [-0.25, -0.2) is 0 Å². The summed E-state index contributed by atoms with van der Waals surface area (Å²) in [5.41, 5.74) is 0. The topological polar surface area (TPSA) is 54.4 Å². The number of aliphatic carboxylic acids is 1. The first-order valence-corrected chi connectivity index (χ1v) is 4.90. The number of carbonyl (C=O) groups is 2. The zero-order valence-electron chi connectivity index (χ0n) is 7.95. The average molecular weight is 184 g/mol. The highest BCUT2D eigenvalue weighted by Crippen LogP contribution is 2.29. The molecule has 1 aliphatic rings. The van der Waals surface area contributed by atoms with Crippen molar-refractivity contribution in [2.45, 2.75) is 39.0 Å². The van der Waals surface area contributed by atoms with E-state index in [0.29, 0.717) is 18.8 Å². The van der Waals surface area contributed by atoms with Gasteiger partial charge in [0.25, 0.3) is 0 Å². The molecule has 1 rings (SSSR count). The van der Waals surface area contributed by atoms with Gasteiger partial charge in [0.2, 0.25) is 0 Å². The molecule has 74 valence electrons. The summed E-state index contributed by atoms with van der Waals surface area (Å²) in [6, 6.07) is 0. The second kappa shape index (κ2) is 4.40. The molecule has 1 fully saturated rings. The first-order valence-electron chi connectivity index (χ1n) is 4.90. The summed E-state index contributed by atoms with van der Waals surface area (Å²) in [7, 11) is 0. The van der Waals surface area contributed by atoms with E-state index >= 15 is 0 Å². The minimum absolute atomic E-state index is 0.0835. The van der Waals surface area contributed by atoms with E-state index < -0.39 is 11.9 Å². The smallest absolute Gasteiger partial charge is 0.314 e. The normalized spacial score (nSPS) is 28.8. The van der Waals surface area contributed by atoms with Gasteiger partial charge in [-0.2, -0.15) is 0 Å². The van der Waals surface area contributed by atoms with Crippen molar-refractivity contribution in [2.75, 3.05) is 0 Å². The van der Waals surface area contributed by atoms with Crippen molar-refractivity contribution in [3.8, 4) is 0 Å². The minimum Gasteiger partial charge on any atom is -0.481 e. The Morgan fingerprint density at radius 2 is 2.31 bits per heavy atom. The van der Waals surface area contributed by atoms with E-state index in [1.165, 1.54) is 0 Å². The lowest BCUT2D eigenvalue weighted by atomic mass is 9.79. The van der Waals surface area contributed by atoms with E-state index in [0.717, 1.165) is 19.3 Å². The standard InChI is InChI=1S/C10H16O3/c1-2-3-7-4-5-9(11)8(6-7)10(12)13/h7-8H,2-6H2,1H3,(H,12,13)/t7-,8-/m1/s1. The summed E-state index contributed by atoms with van der Waals surface area (Å²) in [5.74, 6) is -1.29. The van der Waals surface area contributed by atoms with Crippen LogP contribution in [0.5, 0.6) is 0 Å². The molecule has 1 N–H and O–H groups in total. The van der Waals surface area contributed by atoms with Crippen molar-refractivity contribution in [3.05, 3.63) is 0 Å². The van der Waals surface area contributed by atoms with Crippen LogP contribution < -0.4 is 0 Å². The molecule has 0 unspecified atom stereocenters. The van der Waals surface area contributed by atoms with E-state index in [1.807, 2.05) is 0 Å². The maximum atomic E-state index is 11.2. The fourth-order valence-corrected chi connectivity index (χ4v) is 2.01. The molecule has 3 nitrogen and oxygen atoms in total. The van der Waals surface area contributed by atoms with Crippen molar-refractivity contribution in [1.82, 2.24) is 0 Å². The molecule has 1 aliphatic carbocycles. The number of carbonyl (C=O) groups excluding carboxylic acids is 1. The van der Waals surface area contributed by atoms with Crippen molar-refractivity contribution < 1.29 is 14.7 Å². The summed E-state index contributed by atoms with van der Waals surface area (Å²) in [5, 5.41) is 8.77. The average Bonchev–Trinajstić information content (AvgIpc) is 2.08. The van der Waals surface area contributed by atoms with Gasteiger partial charge < -0.3 is 5.11 Å². The van der Waals surface area contributed by atoms with Crippen LogP contribution in [0, 0.1) is 11.8 Å². The molecule has 0 saturated heterocycles. The Labute approximate surface area is 78.1 Å². The quantitative estimate of drug-likeness (QED) is 0.681. The lowest BCUT2D eigenvalue weighted by Crippen LogP contribution is -2.30. The molecule has 2 atom stereocenters. The third-order valence-corrected chi connectivity index (χ3v) is 2.75. The van der Waals surface area contributed by atoms with E-state index in [-0.39, 0.29) is 5.78 Å². The van der Waals surface area contributed by atoms with Crippen LogP contribution >= 0.6 is 0 Å². The molecular formula is C10H16O3. The van der Waals surface area contributed by atoms with Gasteiger partial charge in [0.15, 0.2) is 0 Å². The largest absolute Gasteiger partial charge is 0.481 e. The summed E-state index contributed by atoms with van der Waals surface area (Å²) in [4.78, 5) is 21.9. The predicted molar refractivity (Wildman–Crippen MR) is 48.4 cm³/mol. The molecule has 1 saturated carbocycles. The highest BCUT2D eigenvalue weighted by Gasteiger charge is 2.33. The Morgan fingerprint density at radius 3 is 2.85 bits per heavy atom. The molecule has 0 aromatic rings. The Balaban J connectivity index is 2.52. The van der Waals surface area contributed by atoms with Crippen molar-refractivity contribution in [2.24, 2.45) is 11.8 Å². The lowest BCUT2D eigenvalue weighted by molar-refractivity contribution is -0.148. The van der Waals surface area contributed by atoms with Crippen LogP contribution in [-0.4, -0.2) is 16.9 Å². The molecule has 0 heterocycles. The fourth-order valence-electron chi connectivity index (χ4n) is 2.01. The molecule has 0 radical (unpaired) electrons. The van der Waals surface area contributed by atoms with Gasteiger partial charge >= 0.3 is 5.97 Å². The maximum Gasteiger partial charge on any atom is 0.314 e. The van der Waals surface area contributed by atoms with E-state index in [4.69, 9.17) is 5.11 Å². The number of hydrogen-bond acceptors (Lipinski definition) is 2. The zero-order chi connectivity index (χ0) is 9.84. The van der Waals surface area contributed by atoms with Crippen LogP contribution in [-0.2, 0) is 9.59 Å². The van der Waals surface area contributed by atoms with Crippen molar-refractivity contribution >= 4 is 11.8 Å². The maximum absolute atomic E-state index is 11.2. The first-order chi connectivity index (χ1) is 6.15. The molecule has 0 aromatic heterocycles. The van der Waals surface area contributed by atoms with Crippen LogP contribution in [0.25, 0.3) is 0 Å². The van der Waals surface area contributed by atoms with Crippen LogP contribution in [0.15, 0.2) is 0 Å². The molecule has 13 heavy (non-hydrogen) atoms. The molecule has 0 amide bonds. The van der Waals surface area contributed by atoms with Crippen LogP contribution in [0.2, 0.25) is 0 Å². The number of Topliss-reactive ketones (excluding diaryl/α,β-unsaturated/α-hetero) is 1. The predicted octanol–water partition coefficient (Wildman–Crippen LogP) is 1.86. The second-order valence-corrected chi connectivity index (χ2v) is 3.79. The van der Waals surface area contributed by atoms with Crippen LogP contribution in [0.1, 0.15) is 39.0 Å². The summed E-state index contributed by atoms with van der Waals surface area (Å²) in [6.07, 6.45) is 4.03. The number of carboxylic acid groups (broad SMARTS) is 1. The number of carboxylic acids is 1. The Hall–Kier alpha value is -0.860. The Morgan fingerprint density at radius 1 is 1.62 bits per heavy atom. The molecular weight excluding hydrogens is 168 g/mol. The van der Waals surface area contributed by atoms with E-state index in [1.54, 1.807) is 0 Å².